The zero-order valence-electron chi connectivity index (χ0n) is 6.93. The van der Waals surface area contributed by atoms with Gasteiger partial charge in [-0.2, -0.15) is 0 Å². The molecule has 0 aliphatic heterocycles. The highest BCUT2D eigenvalue weighted by molar-refractivity contribution is 6.33. The Kier molecular flexibility index (Phi) is 3.08. The van der Waals surface area contributed by atoms with E-state index in [0.717, 1.165) is 6.07 Å². The average Bonchev–Trinajstić information content (AvgIpc) is 2.10. The standard InChI is InChI=1S/C8H11ClFN3/c9-5-1-4(8(13)3-11)6(10)2-7(5)12/h1-2,8H,3,11-13H2/t8-/m1/s1. The summed E-state index contributed by atoms with van der Waals surface area (Å²) >= 11 is 5.70. The van der Waals surface area contributed by atoms with Gasteiger partial charge in [-0.3, -0.25) is 0 Å². The Hall–Kier alpha value is -0.840. The molecule has 0 radical (unpaired) electrons. The fourth-order valence-corrected chi connectivity index (χ4v) is 1.16. The Morgan fingerprint density at radius 2 is 2.08 bits per heavy atom. The number of nitrogen functional groups attached to an aromatic ring is 1. The van der Waals surface area contributed by atoms with E-state index in [1.807, 2.05) is 0 Å². The number of benzene rings is 1. The molecular weight excluding hydrogens is 193 g/mol. The van der Waals surface area contributed by atoms with E-state index in [-0.39, 0.29) is 12.2 Å². The first-order valence-electron chi connectivity index (χ1n) is 3.76. The van der Waals surface area contributed by atoms with E-state index in [1.165, 1.54) is 6.07 Å². The molecule has 0 unspecified atom stereocenters. The van der Waals surface area contributed by atoms with Crippen LogP contribution in [0.1, 0.15) is 11.6 Å². The normalized spacial score (nSPS) is 12.9. The van der Waals surface area contributed by atoms with Gasteiger partial charge in [-0.05, 0) is 12.1 Å². The van der Waals surface area contributed by atoms with Crippen LogP contribution in [-0.4, -0.2) is 6.54 Å². The summed E-state index contributed by atoms with van der Waals surface area (Å²) in [6.45, 7) is 0.164. The Morgan fingerprint density at radius 1 is 1.46 bits per heavy atom. The first-order chi connectivity index (χ1) is 6.06. The highest BCUT2D eigenvalue weighted by atomic mass is 35.5. The molecule has 1 aromatic rings. The third-order valence-corrected chi connectivity index (χ3v) is 2.10. The average molecular weight is 204 g/mol. The van der Waals surface area contributed by atoms with Crippen LogP contribution in [0.5, 0.6) is 0 Å². The largest absolute Gasteiger partial charge is 0.397 e. The van der Waals surface area contributed by atoms with Crippen molar-refractivity contribution in [1.29, 1.82) is 0 Å². The van der Waals surface area contributed by atoms with Gasteiger partial charge in [0.2, 0.25) is 0 Å². The molecule has 6 N–H and O–H groups in total. The van der Waals surface area contributed by atoms with Gasteiger partial charge >= 0.3 is 0 Å². The van der Waals surface area contributed by atoms with Gasteiger partial charge in [0.1, 0.15) is 5.82 Å². The Balaban J connectivity index is 3.15. The number of rotatable bonds is 2. The molecule has 1 aromatic carbocycles. The molecule has 0 fully saturated rings. The van der Waals surface area contributed by atoms with Gasteiger partial charge in [0.25, 0.3) is 0 Å². The van der Waals surface area contributed by atoms with Gasteiger partial charge in [0, 0.05) is 18.2 Å². The van der Waals surface area contributed by atoms with E-state index in [9.17, 15) is 4.39 Å². The third-order valence-electron chi connectivity index (χ3n) is 1.77. The number of hydrogen-bond acceptors (Lipinski definition) is 3. The second-order valence-corrected chi connectivity index (χ2v) is 3.14. The van der Waals surface area contributed by atoms with Gasteiger partial charge in [-0.15, -0.1) is 0 Å². The zero-order valence-corrected chi connectivity index (χ0v) is 7.68. The summed E-state index contributed by atoms with van der Waals surface area (Å²) in [7, 11) is 0. The van der Waals surface area contributed by atoms with Crippen molar-refractivity contribution in [3.8, 4) is 0 Å². The van der Waals surface area contributed by atoms with Crippen LogP contribution >= 0.6 is 11.6 Å². The lowest BCUT2D eigenvalue weighted by atomic mass is 10.1. The van der Waals surface area contributed by atoms with Crippen LogP contribution in [0.2, 0.25) is 5.02 Å². The molecule has 1 rings (SSSR count). The van der Waals surface area contributed by atoms with Gasteiger partial charge in [-0.1, -0.05) is 11.6 Å². The van der Waals surface area contributed by atoms with Gasteiger partial charge in [-0.25, -0.2) is 4.39 Å². The molecule has 0 aliphatic carbocycles. The van der Waals surface area contributed by atoms with Crippen molar-refractivity contribution >= 4 is 17.3 Å². The first-order valence-corrected chi connectivity index (χ1v) is 4.14. The minimum absolute atomic E-state index is 0.164. The Bertz CT molecular complexity index is 317. The Labute approximate surface area is 80.6 Å². The molecule has 0 amide bonds. The van der Waals surface area contributed by atoms with Gasteiger partial charge in [0.05, 0.1) is 10.7 Å². The molecule has 13 heavy (non-hydrogen) atoms. The molecule has 1 atom stereocenters. The maximum atomic E-state index is 13.2. The summed E-state index contributed by atoms with van der Waals surface area (Å²) in [4.78, 5) is 0. The monoisotopic (exact) mass is 203 g/mol. The van der Waals surface area contributed by atoms with Crippen molar-refractivity contribution in [2.75, 3.05) is 12.3 Å². The van der Waals surface area contributed by atoms with Crippen molar-refractivity contribution in [3.63, 3.8) is 0 Å². The molecule has 0 heterocycles. The number of nitrogens with two attached hydrogens (primary N) is 3. The van der Waals surface area contributed by atoms with Crippen LogP contribution in [0.25, 0.3) is 0 Å². The predicted octanol–water partition coefficient (Wildman–Crippen LogP) is 1.02. The fourth-order valence-electron chi connectivity index (χ4n) is 0.989. The second-order valence-electron chi connectivity index (χ2n) is 2.74. The van der Waals surface area contributed by atoms with Crippen LogP contribution in [0, 0.1) is 5.82 Å². The molecule has 0 bridgehead atoms. The lowest BCUT2D eigenvalue weighted by Gasteiger charge is -2.11. The molecule has 0 saturated heterocycles. The van der Waals surface area contributed by atoms with Crippen LogP contribution < -0.4 is 17.2 Å². The molecule has 0 spiro atoms. The van der Waals surface area contributed by atoms with Crippen molar-refractivity contribution in [2.24, 2.45) is 11.5 Å². The fraction of sp³-hybridized carbons (Fsp3) is 0.250. The maximum Gasteiger partial charge on any atom is 0.130 e. The first kappa shape index (κ1) is 10.2. The highest BCUT2D eigenvalue weighted by Crippen LogP contribution is 2.25. The maximum absolute atomic E-state index is 13.2. The summed E-state index contributed by atoms with van der Waals surface area (Å²) in [6, 6.07) is 2.01. The minimum atomic E-state index is -0.543. The van der Waals surface area contributed by atoms with Crippen LogP contribution in [-0.2, 0) is 0 Å². The smallest absolute Gasteiger partial charge is 0.130 e. The lowest BCUT2D eigenvalue weighted by molar-refractivity contribution is 0.585. The van der Waals surface area contributed by atoms with Crippen LogP contribution in [0.4, 0.5) is 10.1 Å². The number of halogens is 2. The molecule has 0 aliphatic rings. The van der Waals surface area contributed by atoms with Crippen LogP contribution in [0.15, 0.2) is 12.1 Å². The summed E-state index contributed by atoms with van der Waals surface area (Å²) in [5.74, 6) is -0.472. The Morgan fingerprint density at radius 3 is 2.62 bits per heavy atom. The van der Waals surface area contributed by atoms with E-state index in [0.29, 0.717) is 10.6 Å². The molecular formula is C8H11ClFN3. The SMILES string of the molecule is NC[C@@H](N)c1cc(Cl)c(N)cc1F. The number of hydrogen-bond donors (Lipinski definition) is 3. The molecule has 0 aromatic heterocycles. The molecule has 72 valence electrons. The molecule has 3 nitrogen and oxygen atoms in total. The summed E-state index contributed by atoms with van der Waals surface area (Å²) < 4.78 is 13.2. The van der Waals surface area contributed by atoms with E-state index in [1.54, 1.807) is 0 Å². The highest BCUT2D eigenvalue weighted by Gasteiger charge is 2.12. The quantitative estimate of drug-likeness (QED) is 0.628. The van der Waals surface area contributed by atoms with E-state index in [4.69, 9.17) is 28.8 Å². The van der Waals surface area contributed by atoms with E-state index < -0.39 is 11.9 Å². The zero-order chi connectivity index (χ0) is 10.0. The van der Waals surface area contributed by atoms with E-state index in [2.05, 4.69) is 0 Å². The summed E-state index contributed by atoms with van der Waals surface area (Å²) in [6.07, 6.45) is 0. The lowest BCUT2D eigenvalue weighted by Crippen LogP contribution is -2.22. The van der Waals surface area contributed by atoms with Crippen molar-refractivity contribution < 1.29 is 4.39 Å². The third kappa shape index (κ3) is 2.09. The molecule has 5 heteroatoms. The van der Waals surface area contributed by atoms with Crippen LogP contribution in [0.3, 0.4) is 0 Å². The second kappa shape index (κ2) is 3.91. The number of anilines is 1. The van der Waals surface area contributed by atoms with Gasteiger partial charge < -0.3 is 17.2 Å². The van der Waals surface area contributed by atoms with E-state index >= 15 is 0 Å². The van der Waals surface area contributed by atoms with Crippen molar-refractivity contribution in [2.45, 2.75) is 6.04 Å². The molecule has 0 saturated carbocycles. The van der Waals surface area contributed by atoms with Gasteiger partial charge in [0.15, 0.2) is 0 Å². The predicted molar refractivity (Wildman–Crippen MR) is 51.8 cm³/mol. The van der Waals surface area contributed by atoms with Crippen molar-refractivity contribution in [1.82, 2.24) is 0 Å². The van der Waals surface area contributed by atoms with Crippen molar-refractivity contribution in [3.05, 3.63) is 28.5 Å². The summed E-state index contributed by atoms with van der Waals surface area (Å²) in [5, 5.41) is 0.292. The topological polar surface area (TPSA) is 78.1 Å². The minimum Gasteiger partial charge on any atom is -0.397 e. The summed E-state index contributed by atoms with van der Waals surface area (Å²) in [5.41, 5.74) is 16.7.